The minimum Gasteiger partial charge on any atom is -0.324 e. The highest BCUT2D eigenvalue weighted by atomic mass is 33.1. The van der Waals surface area contributed by atoms with Gasteiger partial charge in [0.25, 0.3) is 0 Å². The van der Waals surface area contributed by atoms with Crippen molar-refractivity contribution >= 4 is 102 Å². The number of nitrogens with zero attached hydrogens (tertiary/aromatic N) is 2. The van der Waals surface area contributed by atoms with Crippen LogP contribution in [0.1, 0.15) is 164 Å². The van der Waals surface area contributed by atoms with E-state index in [9.17, 15) is 28.8 Å². The highest BCUT2D eigenvalue weighted by Gasteiger charge is 2.21. The minimum absolute atomic E-state index is 0.0208. The monoisotopic (exact) mass is 1220 g/mol. The standard InChI is InChI=1S/C37H39N3O4S2.C33H33N3O2S2/c1-24(41)45-22-34(43)39-32-18-14-28(36(3,4)5)20-26(32)12-16-30-10-9-11-31(38-30)17-13-27-21-29(37(6,7)8)15-19-33(27)40-35(44)23-46-25(2)42;1-32(2,3)24-12-16-28-22(18-24)10-14-26-8-7-9-27(34-26)15-11-23-19-25(33(4,5)6)13-17-29(23)36-31(38)21-40-39-20-30(37)35-28/h9-11,14-15,18-21H,22-23H2,1-8H3,(H,39,43)(H,40,44);7-9,12-13,16-19H,20-21H2,1-6H3,(H,35,37)(H,36,38). The maximum Gasteiger partial charge on any atom is 0.235 e. The van der Waals surface area contributed by atoms with Crippen molar-refractivity contribution in [3.8, 4) is 47.4 Å². The lowest BCUT2D eigenvalue weighted by atomic mass is 9.86. The molecule has 1 aliphatic heterocycles. The lowest BCUT2D eigenvalue weighted by Crippen LogP contribution is -2.17. The molecule has 0 spiro atoms. The second-order valence-electron chi connectivity index (χ2n) is 24.1. The van der Waals surface area contributed by atoms with Gasteiger partial charge in [0, 0.05) is 36.1 Å². The van der Waals surface area contributed by atoms with Crippen LogP contribution in [0.2, 0.25) is 0 Å². The molecule has 0 saturated heterocycles. The normalized spacial score (nSPS) is 12.5. The first kappa shape index (κ1) is 67.2. The Labute approximate surface area is 523 Å². The van der Waals surface area contributed by atoms with Crippen LogP contribution in [0.4, 0.5) is 22.7 Å². The number of nitrogens with one attached hydrogen (secondary N) is 4. The Bertz CT molecular complexity index is 3610. The third kappa shape index (κ3) is 21.5. The summed E-state index contributed by atoms with van der Waals surface area (Å²) in [5, 5.41) is 11.5. The van der Waals surface area contributed by atoms with Crippen LogP contribution >= 0.6 is 45.1 Å². The van der Waals surface area contributed by atoms with Crippen molar-refractivity contribution in [3.63, 3.8) is 0 Å². The predicted molar refractivity (Wildman–Crippen MR) is 359 cm³/mol. The molecule has 3 heterocycles. The molecule has 0 atom stereocenters. The summed E-state index contributed by atoms with van der Waals surface area (Å²) in [6.07, 6.45) is 0. The maximum atomic E-state index is 12.7. The summed E-state index contributed by atoms with van der Waals surface area (Å²) in [7, 11) is 2.68. The maximum absolute atomic E-state index is 12.7. The van der Waals surface area contributed by atoms with Crippen LogP contribution in [0.5, 0.6) is 0 Å². The average molecular weight is 1220 g/mol. The zero-order chi connectivity index (χ0) is 63.0. The fourth-order valence-corrected chi connectivity index (χ4v) is 10.3. The van der Waals surface area contributed by atoms with E-state index in [4.69, 9.17) is 0 Å². The van der Waals surface area contributed by atoms with Crippen LogP contribution in [0.3, 0.4) is 0 Å². The summed E-state index contributed by atoms with van der Waals surface area (Å²) in [5.41, 5.74) is 11.2. The van der Waals surface area contributed by atoms with E-state index in [1.807, 2.05) is 97.1 Å². The Morgan fingerprint density at radius 2 is 0.849 bits per heavy atom. The number of thioether (sulfide) groups is 2. The van der Waals surface area contributed by atoms with E-state index >= 15 is 0 Å². The topological polar surface area (TPSA) is 176 Å². The van der Waals surface area contributed by atoms with E-state index in [-0.39, 0.29) is 78.5 Å². The molecule has 86 heavy (non-hydrogen) atoms. The van der Waals surface area contributed by atoms with Gasteiger partial charge in [0.05, 0.1) is 45.8 Å². The molecule has 6 aromatic rings. The number of carbonyl (C=O) groups is 6. The van der Waals surface area contributed by atoms with E-state index in [0.717, 1.165) is 56.9 Å². The summed E-state index contributed by atoms with van der Waals surface area (Å²) in [6, 6.07) is 34.3. The predicted octanol–water partition coefficient (Wildman–Crippen LogP) is 13.7. The van der Waals surface area contributed by atoms with E-state index in [1.165, 1.54) is 35.4 Å². The van der Waals surface area contributed by atoms with Crippen LogP contribution in [-0.4, -0.2) is 66.8 Å². The van der Waals surface area contributed by atoms with Crippen LogP contribution < -0.4 is 21.3 Å². The smallest absolute Gasteiger partial charge is 0.235 e. The Balaban J connectivity index is 0.000000278. The zero-order valence-corrected chi connectivity index (χ0v) is 54.5. The first-order chi connectivity index (χ1) is 40.4. The first-order valence-corrected chi connectivity index (χ1v) is 32.2. The third-order valence-corrected chi connectivity index (χ3v) is 16.5. The summed E-state index contributed by atoms with van der Waals surface area (Å²) < 4.78 is 0. The molecule has 0 saturated carbocycles. The van der Waals surface area contributed by atoms with Crippen molar-refractivity contribution in [3.05, 3.63) is 176 Å². The number of hydrogen-bond acceptors (Lipinski definition) is 12. The summed E-state index contributed by atoms with van der Waals surface area (Å²) in [5.74, 6) is 24.9. The summed E-state index contributed by atoms with van der Waals surface area (Å²) in [4.78, 5) is 82.3. The quantitative estimate of drug-likeness (QED) is 0.0918. The average Bonchev–Trinajstić information content (AvgIpc) is 2.23. The summed E-state index contributed by atoms with van der Waals surface area (Å²) in [6.45, 7) is 28.3. The molecule has 0 aliphatic carbocycles. The zero-order valence-electron chi connectivity index (χ0n) is 51.2. The first-order valence-electron chi connectivity index (χ1n) is 27.7. The van der Waals surface area contributed by atoms with Crippen LogP contribution in [0.25, 0.3) is 0 Å². The van der Waals surface area contributed by atoms with Gasteiger partial charge in [-0.1, -0.05) is 188 Å². The molecule has 16 heteroatoms. The number of benzene rings is 4. The molecular formula is C70H72N6O6S4. The SMILES string of the molecule is CC(=O)SCC(=O)Nc1ccc(C(C)(C)C)cc1C#Cc1cccc(C#Cc2cc(C(C)(C)C)ccc2NC(=O)CSC(C)=O)n1.CC(C)(C)c1ccc2c(c1)C#Cc1cccc(n1)C#Cc1cc(C(C)(C)C)ccc1NC(=O)CSSCC(=O)N2. The fourth-order valence-electron chi connectivity index (χ4n) is 7.84. The number of rotatable bonds is 6. The largest absolute Gasteiger partial charge is 0.324 e. The van der Waals surface area contributed by atoms with Crippen LogP contribution in [0, 0.1) is 47.4 Å². The molecule has 4 aromatic carbocycles. The Morgan fingerprint density at radius 3 is 1.22 bits per heavy atom. The van der Waals surface area contributed by atoms with Gasteiger partial charge in [-0.15, -0.1) is 0 Å². The molecule has 0 fully saturated rings. The van der Waals surface area contributed by atoms with Crippen molar-refractivity contribution < 1.29 is 28.8 Å². The summed E-state index contributed by atoms with van der Waals surface area (Å²) >= 11 is 1.90. The van der Waals surface area contributed by atoms with Gasteiger partial charge in [-0.3, -0.25) is 28.8 Å². The molecule has 2 aromatic heterocycles. The van der Waals surface area contributed by atoms with Crippen LogP contribution in [-0.2, 0) is 50.4 Å². The lowest BCUT2D eigenvalue weighted by Gasteiger charge is -2.20. The molecule has 2 bridgehead atoms. The number of anilines is 4. The van der Waals surface area contributed by atoms with E-state index < -0.39 is 0 Å². The van der Waals surface area contributed by atoms with Crippen LogP contribution in [0.15, 0.2) is 109 Å². The second-order valence-corrected chi connectivity index (χ2v) is 28.9. The van der Waals surface area contributed by atoms with Gasteiger partial charge in [0.1, 0.15) is 22.8 Å². The third-order valence-electron chi connectivity index (χ3n) is 12.7. The molecule has 7 rings (SSSR count). The number of hydrogen-bond donors (Lipinski definition) is 4. The molecule has 4 amide bonds. The van der Waals surface area contributed by atoms with Gasteiger partial charge < -0.3 is 21.3 Å². The van der Waals surface area contributed by atoms with Crippen molar-refractivity contribution in [1.29, 1.82) is 0 Å². The number of pyridine rings is 2. The molecule has 12 nitrogen and oxygen atoms in total. The molecule has 4 N–H and O–H groups in total. The van der Waals surface area contributed by atoms with Gasteiger partial charge in [0.15, 0.2) is 10.2 Å². The van der Waals surface area contributed by atoms with Gasteiger partial charge >= 0.3 is 0 Å². The van der Waals surface area contributed by atoms with Gasteiger partial charge in [-0.25, -0.2) is 9.97 Å². The lowest BCUT2D eigenvalue weighted by molar-refractivity contribution is -0.114. The van der Waals surface area contributed by atoms with E-state index in [2.05, 4.69) is 162 Å². The highest BCUT2D eigenvalue weighted by Crippen LogP contribution is 2.32. The number of aromatic nitrogens is 2. The van der Waals surface area contributed by atoms with Gasteiger partial charge in [-0.05, 0) is 140 Å². The van der Waals surface area contributed by atoms with Crippen molar-refractivity contribution in [2.24, 2.45) is 0 Å². The Morgan fingerprint density at radius 1 is 0.488 bits per heavy atom. The van der Waals surface area contributed by atoms with E-state index in [1.54, 1.807) is 12.1 Å². The molecule has 442 valence electrons. The van der Waals surface area contributed by atoms with Gasteiger partial charge in [0.2, 0.25) is 23.6 Å². The molecule has 0 unspecified atom stereocenters. The van der Waals surface area contributed by atoms with Crippen molar-refractivity contribution in [2.45, 2.75) is 119 Å². The highest BCUT2D eigenvalue weighted by molar-refractivity contribution is 8.77. The number of fused-ring (bicyclic) bond motifs is 4. The Kier molecular flexibility index (Phi) is 23.4. The molecule has 0 radical (unpaired) electrons. The second kappa shape index (κ2) is 29.9. The molecular weight excluding hydrogens is 1150 g/mol. The van der Waals surface area contributed by atoms with Crippen molar-refractivity contribution in [1.82, 2.24) is 9.97 Å². The van der Waals surface area contributed by atoms with E-state index in [0.29, 0.717) is 56.7 Å². The van der Waals surface area contributed by atoms with Gasteiger partial charge in [-0.2, -0.15) is 0 Å². The van der Waals surface area contributed by atoms with Crippen molar-refractivity contribution in [2.75, 3.05) is 44.3 Å². The minimum atomic E-state index is -0.286. The number of amides is 4. The fraction of sp³-hybridized carbons (Fsp3) is 0.314. The Hall–Kier alpha value is -7.96. The molecule has 1 aliphatic rings. The number of carbonyl (C=O) groups excluding carboxylic acids is 6.